The van der Waals surface area contributed by atoms with Crippen LogP contribution in [-0.4, -0.2) is 28.1 Å². The molecular weight excluding hydrogens is 329 g/mol. The van der Waals surface area contributed by atoms with Gasteiger partial charge in [-0.05, 0) is 63.2 Å². The lowest BCUT2D eigenvalue weighted by Gasteiger charge is -2.34. The highest BCUT2D eigenvalue weighted by atomic mass is 19.1. The molecular formula is C21H24FN3O. The fourth-order valence-electron chi connectivity index (χ4n) is 3.85. The highest BCUT2D eigenvalue weighted by molar-refractivity contribution is 5.55. The van der Waals surface area contributed by atoms with Crippen LogP contribution in [0.25, 0.3) is 11.5 Å². The summed E-state index contributed by atoms with van der Waals surface area (Å²) in [7, 11) is 0. The van der Waals surface area contributed by atoms with E-state index in [1.165, 1.54) is 18.9 Å². The third kappa shape index (κ3) is 3.78. The molecule has 0 N–H and O–H groups in total. The predicted molar refractivity (Wildman–Crippen MR) is 98.8 cm³/mol. The van der Waals surface area contributed by atoms with Crippen LogP contribution in [0.1, 0.15) is 30.7 Å². The summed E-state index contributed by atoms with van der Waals surface area (Å²) < 4.78 is 19.3. The van der Waals surface area contributed by atoms with E-state index >= 15 is 0 Å². The lowest BCUT2D eigenvalue weighted by atomic mass is 9.82. The molecule has 0 bridgehead atoms. The standard InChI is InChI=1S/C21H24FN3O/c1-15-7-8-19(22)18(13-15)21-23-20(24-26-21)14-25-11-9-17(10-12-25)16-5-3-2-4-6-16/h3-8,13,16-17H,2,9-12,14H2,1H3. The van der Waals surface area contributed by atoms with Gasteiger partial charge in [-0.25, -0.2) is 4.39 Å². The molecule has 1 fully saturated rings. The van der Waals surface area contributed by atoms with Crippen molar-refractivity contribution in [3.63, 3.8) is 0 Å². The molecule has 0 radical (unpaired) electrons. The summed E-state index contributed by atoms with van der Waals surface area (Å²) >= 11 is 0. The number of rotatable bonds is 4. The molecule has 0 atom stereocenters. The van der Waals surface area contributed by atoms with Crippen molar-refractivity contribution >= 4 is 0 Å². The van der Waals surface area contributed by atoms with Gasteiger partial charge in [0.05, 0.1) is 12.1 Å². The maximum atomic E-state index is 14.0. The van der Waals surface area contributed by atoms with Crippen LogP contribution in [0.2, 0.25) is 0 Å². The summed E-state index contributed by atoms with van der Waals surface area (Å²) in [5.74, 6) is 1.86. The minimum atomic E-state index is -0.333. The fraction of sp³-hybridized carbons (Fsp3) is 0.429. The van der Waals surface area contributed by atoms with Gasteiger partial charge in [-0.1, -0.05) is 41.1 Å². The molecule has 1 aliphatic carbocycles. The highest BCUT2D eigenvalue weighted by Crippen LogP contribution is 2.29. The molecule has 1 aromatic heterocycles. The van der Waals surface area contributed by atoms with Crippen molar-refractivity contribution in [3.05, 3.63) is 59.7 Å². The Labute approximate surface area is 153 Å². The Kier molecular flexibility index (Phi) is 4.98. The molecule has 0 spiro atoms. The van der Waals surface area contributed by atoms with Gasteiger partial charge in [0.2, 0.25) is 0 Å². The number of halogens is 1. The molecule has 2 aromatic rings. The van der Waals surface area contributed by atoms with Crippen LogP contribution in [0.4, 0.5) is 4.39 Å². The van der Waals surface area contributed by atoms with E-state index in [0.29, 0.717) is 23.9 Å². The Morgan fingerprint density at radius 1 is 1.19 bits per heavy atom. The Balaban J connectivity index is 1.36. The third-order valence-corrected chi connectivity index (χ3v) is 5.35. The zero-order valence-corrected chi connectivity index (χ0v) is 15.1. The molecule has 1 aromatic carbocycles. The number of aromatic nitrogens is 2. The lowest BCUT2D eigenvalue weighted by Crippen LogP contribution is -2.35. The topological polar surface area (TPSA) is 42.2 Å². The largest absolute Gasteiger partial charge is 0.334 e. The van der Waals surface area contributed by atoms with Crippen LogP contribution in [0, 0.1) is 24.6 Å². The minimum absolute atomic E-state index is 0.258. The molecule has 2 heterocycles. The van der Waals surface area contributed by atoms with Crippen molar-refractivity contribution < 1.29 is 8.91 Å². The van der Waals surface area contributed by atoms with E-state index < -0.39 is 0 Å². The van der Waals surface area contributed by atoms with Gasteiger partial charge < -0.3 is 4.52 Å². The Morgan fingerprint density at radius 2 is 1.96 bits per heavy atom. The number of hydrogen-bond acceptors (Lipinski definition) is 4. The van der Waals surface area contributed by atoms with Gasteiger partial charge in [0.1, 0.15) is 5.82 Å². The van der Waals surface area contributed by atoms with Gasteiger partial charge in [0.25, 0.3) is 5.89 Å². The summed E-state index contributed by atoms with van der Waals surface area (Å²) in [5, 5.41) is 4.05. The molecule has 0 amide bonds. The quantitative estimate of drug-likeness (QED) is 0.758. The molecule has 0 saturated carbocycles. The van der Waals surface area contributed by atoms with E-state index in [4.69, 9.17) is 4.52 Å². The van der Waals surface area contributed by atoms with Crippen molar-refractivity contribution in [2.75, 3.05) is 13.1 Å². The normalized spacial score (nSPS) is 19.3. The second kappa shape index (κ2) is 7.54. The summed E-state index contributed by atoms with van der Waals surface area (Å²) in [6.07, 6.45) is 12.7. The van der Waals surface area contributed by atoms with Gasteiger partial charge >= 0.3 is 0 Å². The number of aryl methyl sites for hydroxylation is 1. The molecule has 136 valence electrons. The molecule has 2 aliphatic rings. The number of allylic oxidation sites excluding steroid dienone is 4. The van der Waals surface area contributed by atoms with Gasteiger partial charge in [-0.3, -0.25) is 4.90 Å². The van der Waals surface area contributed by atoms with Crippen molar-refractivity contribution in [1.82, 2.24) is 15.0 Å². The van der Waals surface area contributed by atoms with Crippen LogP contribution in [-0.2, 0) is 6.54 Å². The monoisotopic (exact) mass is 353 g/mol. The van der Waals surface area contributed by atoms with Crippen LogP contribution in [0.15, 0.2) is 47.0 Å². The van der Waals surface area contributed by atoms with E-state index in [1.807, 2.05) is 6.92 Å². The van der Waals surface area contributed by atoms with E-state index in [0.717, 1.165) is 31.0 Å². The molecule has 5 heteroatoms. The smallest absolute Gasteiger partial charge is 0.260 e. The second-order valence-electron chi connectivity index (χ2n) is 7.28. The maximum Gasteiger partial charge on any atom is 0.260 e. The number of likely N-dealkylation sites (tertiary alicyclic amines) is 1. The highest BCUT2D eigenvalue weighted by Gasteiger charge is 2.25. The van der Waals surface area contributed by atoms with Crippen LogP contribution in [0.3, 0.4) is 0 Å². The summed E-state index contributed by atoms with van der Waals surface area (Å²) in [6, 6.07) is 4.91. The molecule has 1 aliphatic heterocycles. The summed E-state index contributed by atoms with van der Waals surface area (Å²) in [4.78, 5) is 6.76. The zero-order chi connectivity index (χ0) is 17.9. The fourth-order valence-corrected chi connectivity index (χ4v) is 3.85. The van der Waals surface area contributed by atoms with Crippen LogP contribution >= 0.6 is 0 Å². The average molecular weight is 353 g/mol. The van der Waals surface area contributed by atoms with Gasteiger partial charge in [-0.15, -0.1) is 0 Å². The van der Waals surface area contributed by atoms with E-state index in [9.17, 15) is 4.39 Å². The number of hydrogen-bond donors (Lipinski definition) is 0. The van der Waals surface area contributed by atoms with Crippen LogP contribution in [0.5, 0.6) is 0 Å². The van der Waals surface area contributed by atoms with Crippen molar-refractivity contribution in [2.24, 2.45) is 11.8 Å². The first-order chi connectivity index (χ1) is 12.7. The average Bonchev–Trinajstić information content (AvgIpc) is 3.13. The Bertz CT molecular complexity index is 806. The molecule has 1 saturated heterocycles. The molecule has 0 unspecified atom stereocenters. The van der Waals surface area contributed by atoms with Crippen LogP contribution < -0.4 is 0 Å². The van der Waals surface area contributed by atoms with Gasteiger partial charge in [0.15, 0.2) is 5.82 Å². The first-order valence-electron chi connectivity index (χ1n) is 9.34. The van der Waals surface area contributed by atoms with Gasteiger partial charge in [0, 0.05) is 0 Å². The molecule has 4 rings (SSSR count). The molecule has 26 heavy (non-hydrogen) atoms. The Morgan fingerprint density at radius 3 is 2.73 bits per heavy atom. The first-order valence-corrected chi connectivity index (χ1v) is 9.34. The number of benzene rings is 1. The van der Waals surface area contributed by atoms with Crippen molar-refractivity contribution in [3.8, 4) is 11.5 Å². The van der Waals surface area contributed by atoms with Crippen molar-refractivity contribution in [2.45, 2.75) is 32.7 Å². The lowest BCUT2D eigenvalue weighted by molar-refractivity contribution is 0.160. The third-order valence-electron chi connectivity index (χ3n) is 5.35. The maximum absolute atomic E-state index is 14.0. The van der Waals surface area contributed by atoms with E-state index in [1.54, 1.807) is 12.1 Å². The SMILES string of the molecule is Cc1ccc(F)c(-c2nc(CN3CCC(C4C=CCC=C4)CC3)no2)c1. The zero-order valence-electron chi connectivity index (χ0n) is 15.1. The molecule has 4 nitrogen and oxygen atoms in total. The first kappa shape index (κ1) is 17.2. The Hall–Kier alpha value is -2.27. The van der Waals surface area contributed by atoms with Crippen molar-refractivity contribution in [1.29, 1.82) is 0 Å². The van der Waals surface area contributed by atoms with E-state index in [2.05, 4.69) is 39.3 Å². The number of piperidine rings is 1. The predicted octanol–water partition coefficient (Wildman–Crippen LogP) is 4.53. The summed E-state index contributed by atoms with van der Waals surface area (Å²) in [6.45, 7) is 4.64. The van der Waals surface area contributed by atoms with E-state index in [-0.39, 0.29) is 11.7 Å². The minimum Gasteiger partial charge on any atom is -0.334 e. The second-order valence-corrected chi connectivity index (χ2v) is 7.28. The van der Waals surface area contributed by atoms with Gasteiger partial charge in [-0.2, -0.15) is 4.98 Å². The summed E-state index contributed by atoms with van der Waals surface area (Å²) in [5.41, 5.74) is 1.34. The number of nitrogens with zero attached hydrogens (tertiary/aromatic N) is 3.